The van der Waals surface area contributed by atoms with Gasteiger partial charge in [-0.15, -0.1) is 0 Å². The molecule has 6 heteroatoms. The Balaban J connectivity index is 1.59. The number of nitrogens with zero attached hydrogens (tertiary/aromatic N) is 2. The van der Waals surface area contributed by atoms with Crippen LogP contribution in [0.1, 0.15) is 18.7 Å². The molecular weight excluding hydrogens is 283 g/mol. The lowest BCUT2D eigenvalue weighted by Crippen LogP contribution is -2.38. The van der Waals surface area contributed by atoms with Gasteiger partial charge in [0.1, 0.15) is 11.6 Å². The number of carbonyl (C=O) groups is 1. The summed E-state index contributed by atoms with van der Waals surface area (Å²) in [5.41, 5.74) is 1.56. The van der Waals surface area contributed by atoms with Gasteiger partial charge in [-0.3, -0.25) is 4.79 Å². The van der Waals surface area contributed by atoms with Crippen LogP contribution in [0.4, 0.5) is 4.39 Å². The zero-order valence-corrected chi connectivity index (χ0v) is 12.7. The third kappa shape index (κ3) is 3.11. The maximum absolute atomic E-state index is 13.2. The Kier molecular flexibility index (Phi) is 4.38. The van der Waals surface area contributed by atoms with Gasteiger partial charge in [0.25, 0.3) is 0 Å². The van der Waals surface area contributed by atoms with Gasteiger partial charge in [0.15, 0.2) is 0 Å². The zero-order chi connectivity index (χ0) is 15.5. The predicted octanol–water partition coefficient (Wildman–Crippen LogP) is 1.37. The molecule has 0 aliphatic carbocycles. The number of aryl methyl sites for hydroxylation is 1. The van der Waals surface area contributed by atoms with Crippen molar-refractivity contribution in [2.75, 3.05) is 19.6 Å². The minimum Gasteiger partial charge on any atom is -0.355 e. The summed E-state index contributed by atoms with van der Waals surface area (Å²) < 4.78 is 15.2. The molecule has 0 unspecified atom stereocenters. The number of imidazole rings is 1. The van der Waals surface area contributed by atoms with Crippen molar-refractivity contribution in [2.24, 2.45) is 13.0 Å². The Morgan fingerprint density at radius 1 is 1.45 bits per heavy atom. The average molecular weight is 304 g/mol. The molecular formula is C16H21FN4O. The number of amides is 1. The van der Waals surface area contributed by atoms with E-state index in [0.717, 1.165) is 37.3 Å². The number of benzene rings is 1. The van der Waals surface area contributed by atoms with Crippen LogP contribution >= 0.6 is 0 Å². The summed E-state index contributed by atoms with van der Waals surface area (Å²) >= 11 is 0. The van der Waals surface area contributed by atoms with E-state index >= 15 is 0 Å². The first kappa shape index (κ1) is 15.0. The summed E-state index contributed by atoms with van der Waals surface area (Å²) in [7, 11) is 1.91. The van der Waals surface area contributed by atoms with Gasteiger partial charge in [0.05, 0.1) is 11.0 Å². The van der Waals surface area contributed by atoms with E-state index in [1.54, 1.807) is 6.07 Å². The monoisotopic (exact) mass is 304 g/mol. The number of rotatable bonds is 4. The average Bonchev–Trinajstić information content (AvgIpc) is 2.83. The van der Waals surface area contributed by atoms with Gasteiger partial charge >= 0.3 is 0 Å². The van der Waals surface area contributed by atoms with E-state index in [-0.39, 0.29) is 17.6 Å². The van der Waals surface area contributed by atoms with Crippen molar-refractivity contribution in [3.8, 4) is 0 Å². The maximum Gasteiger partial charge on any atom is 0.223 e. The molecule has 1 aliphatic heterocycles. The molecule has 1 saturated heterocycles. The van der Waals surface area contributed by atoms with Crippen molar-refractivity contribution < 1.29 is 9.18 Å². The van der Waals surface area contributed by atoms with E-state index in [0.29, 0.717) is 18.5 Å². The highest BCUT2D eigenvalue weighted by Crippen LogP contribution is 2.16. The van der Waals surface area contributed by atoms with Crippen molar-refractivity contribution in [2.45, 2.75) is 19.3 Å². The van der Waals surface area contributed by atoms with Crippen molar-refractivity contribution in [3.05, 3.63) is 29.8 Å². The smallest absolute Gasteiger partial charge is 0.223 e. The van der Waals surface area contributed by atoms with E-state index in [9.17, 15) is 9.18 Å². The Morgan fingerprint density at radius 3 is 3.00 bits per heavy atom. The normalized spacial score (nSPS) is 16.1. The molecule has 0 saturated carbocycles. The molecule has 0 radical (unpaired) electrons. The van der Waals surface area contributed by atoms with Gasteiger partial charge in [-0.2, -0.15) is 0 Å². The summed E-state index contributed by atoms with van der Waals surface area (Å²) in [4.78, 5) is 16.5. The molecule has 1 fully saturated rings. The minimum absolute atomic E-state index is 0.121. The van der Waals surface area contributed by atoms with Crippen LogP contribution in [0.15, 0.2) is 18.2 Å². The van der Waals surface area contributed by atoms with E-state index in [1.807, 2.05) is 11.6 Å². The number of carbonyl (C=O) groups excluding carboxylic acids is 1. The molecule has 0 atom stereocenters. The van der Waals surface area contributed by atoms with Crippen LogP contribution in [-0.2, 0) is 18.3 Å². The molecule has 1 aromatic heterocycles. The van der Waals surface area contributed by atoms with E-state index < -0.39 is 0 Å². The molecule has 118 valence electrons. The van der Waals surface area contributed by atoms with Gasteiger partial charge in [-0.05, 0) is 38.1 Å². The molecule has 2 heterocycles. The molecule has 22 heavy (non-hydrogen) atoms. The predicted molar refractivity (Wildman–Crippen MR) is 83.0 cm³/mol. The Bertz CT molecular complexity index is 676. The molecule has 3 rings (SSSR count). The number of halogens is 1. The number of hydrogen-bond acceptors (Lipinski definition) is 3. The molecule has 1 aliphatic rings. The summed E-state index contributed by atoms with van der Waals surface area (Å²) in [5.74, 6) is 0.824. The topological polar surface area (TPSA) is 59.0 Å². The van der Waals surface area contributed by atoms with Crippen molar-refractivity contribution in [3.63, 3.8) is 0 Å². The van der Waals surface area contributed by atoms with Crippen LogP contribution in [0.3, 0.4) is 0 Å². The second kappa shape index (κ2) is 6.44. The fourth-order valence-electron chi connectivity index (χ4n) is 2.97. The molecule has 2 N–H and O–H groups in total. The SMILES string of the molecule is Cn1c(CCNC(=O)C2CCNCC2)nc2cc(F)ccc21. The summed E-state index contributed by atoms with van der Waals surface area (Å²) in [6.07, 6.45) is 2.44. The molecule has 0 spiro atoms. The third-order valence-electron chi connectivity index (χ3n) is 4.29. The zero-order valence-electron chi connectivity index (χ0n) is 12.7. The van der Waals surface area contributed by atoms with Gasteiger partial charge in [-0.1, -0.05) is 0 Å². The van der Waals surface area contributed by atoms with Crippen molar-refractivity contribution in [1.82, 2.24) is 20.2 Å². The minimum atomic E-state index is -0.281. The quantitative estimate of drug-likeness (QED) is 0.897. The molecule has 1 aromatic carbocycles. The Morgan fingerprint density at radius 2 is 2.23 bits per heavy atom. The summed E-state index contributed by atoms with van der Waals surface area (Å²) in [5, 5.41) is 6.24. The van der Waals surface area contributed by atoms with Crippen LogP contribution in [0.25, 0.3) is 11.0 Å². The fraction of sp³-hybridized carbons (Fsp3) is 0.500. The van der Waals surface area contributed by atoms with Crippen molar-refractivity contribution >= 4 is 16.9 Å². The third-order valence-corrected chi connectivity index (χ3v) is 4.29. The van der Waals surface area contributed by atoms with Crippen LogP contribution in [0, 0.1) is 11.7 Å². The highest BCUT2D eigenvalue weighted by molar-refractivity contribution is 5.79. The van der Waals surface area contributed by atoms with E-state index in [1.165, 1.54) is 12.1 Å². The first-order valence-corrected chi connectivity index (χ1v) is 7.74. The van der Waals surface area contributed by atoms with E-state index in [4.69, 9.17) is 0 Å². The van der Waals surface area contributed by atoms with Gasteiger partial charge in [0, 0.05) is 32.0 Å². The second-order valence-corrected chi connectivity index (χ2v) is 5.79. The van der Waals surface area contributed by atoms with Gasteiger partial charge in [-0.25, -0.2) is 9.37 Å². The summed E-state index contributed by atoms with van der Waals surface area (Å²) in [6.45, 7) is 2.38. The fourth-order valence-corrected chi connectivity index (χ4v) is 2.97. The largest absolute Gasteiger partial charge is 0.355 e. The van der Waals surface area contributed by atoms with Crippen molar-refractivity contribution in [1.29, 1.82) is 0 Å². The first-order valence-electron chi connectivity index (χ1n) is 7.74. The van der Waals surface area contributed by atoms with Gasteiger partial charge in [0.2, 0.25) is 5.91 Å². The molecule has 1 amide bonds. The highest BCUT2D eigenvalue weighted by atomic mass is 19.1. The number of hydrogen-bond donors (Lipinski definition) is 2. The molecule has 2 aromatic rings. The lowest BCUT2D eigenvalue weighted by molar-refractivity contribution is -0.125. The Labute approximate surface area is 128 Å². The molecule has 5 nitrogen and oxygen atoms in total. The van der Waals surface area contributed by atoms with Gasteiger partial charge < -0.3 is 15.2 Å². The number of nitrogens with one attached hydrogen (secondary N) is 2. The van der Waals surface area contributed by atoms with Crippen LogP contribution in [0.2, 0.25) is 0 Å². The number of fused-ring (bicyclic) bond motifs is 1. The number of piperidine rings is 1. The van der Waals surface area contributed by atoms with Crippen LogP contribution < -0.4 is 10.6 Å². The van der Waals surface area contributed by atoms with E-state index in [2.05, 4.69) is 15.6 Å². The lowest BCUT2D eigenvalue weighted by Gasteiger charge is -2.21. The first-order chi connectivity index (χ1) is 10.6. The molecule has 0 bridgehead atoms. The Hall–Kier alpha value is -1.95. The van der Waals surface area contributed by atoms with Crippen LogP contribution in [-0.4, -0.2) is 35.1 Å². The summed E-state index contributed by atoms with van der Waals surface area (Å²) in [6, 6.07) is 4.61. The standard InChI is InChI=1S/C16H21FN4O/c1-21-14-3-2-12(17)10-13(14)20-15(21)6-9-19-16(22)11-4-7-18-8-5-11/h2-3,10-11,18H,4-9H2,1H3,(H,19,22). The maximum atomic E-state index is 13.2. The number of aromatic nitrogens is 2. The van der Waals surface area contributed by atoms with Crippen LogP contribution in [0.5, 0.6) is 0 Å². The second-order valence-electron chi connectivity index (χ2n) is 5.79. The lowest BCUT2D eigenvalue weighted by atomic mass is 9.97. The highest BCUT2D eigenvalue weighted by Gasteiger charge is 2.20.